The molecule has 1 aromatic heterocycles. The minimum atomic E-state index is -5.05. The lowest BCUT2D eigenvalue weighted by molar-refractivity contribution is -0.143. The third kappa shape index (κ3) is 6.40. The molecule has 1 heterocycles. The fraction of sp³-hybridized carbons (Fsp3) is 0.478. The first-order valence-corrected chi connectivity index (χ1v) is 11.7. The van der Waals surface area contributed by atoms with Crippen molar-refractivity contribution in [1.29, 1.82) is 0 Å². The quantitative estimate of drug-likeness (QED) is 0.399. The number of ketones is 1. The number of carbonyl (C=O) groups excluding carboxylic acids is 3. The summed E-state index contributed by atoms with van der Waals surface area (Å²) in [5, 5.41) is 2.13. The molecule has 1 aromatic carbocycles. The van der Waals surface area contributed by atoms with Gasteiger partial charge in [0.1, 0.15) is 21.8 Å². The standard InChI is InChI=1S/C23H23F6N3O4S/c1-20(2,3)36-18(34)17-32-15(16(30)37-17)21(5-4-14(33)9-21)19(35)31-10-11-6-12(22(24,25)26)8-13(7-11)23(27,28)29/h6-8H,4-5,9-10,30H2,1-3H3,(H,31,35). The topological polar surface area (TPSA) is 111 Å². The summed E-state index contributed by atoms with van der Waals surface area (Å²) in [5.74, 6) is -1.99. The fourth-order valence-electron chi connectivity index (χ4n) is 3.93. The number of rotatable bonds is 5. The van der Waals surface area contributed by atoms with Crippen molar-refractivity contribution < 1.29 is 45.5 Å². The Balaban J connectivity index is 1.93. The zero-order valence-corrected chi connectivity index (χ0v) is 20.7. The van der Waals surface area contributed by atoms with Gasteiger partial charge in [-0.2, -0.15) is 26.3 Å². The number of anilines is 1. The molecule has 0 saturated heterocycles. The summed E-state index contributed by atoms with van der Waals surface area (Å²) in [6, 6.07) is 0.982. The SMILES string of the molecule is CC(C)(C)OC(=O)c1nc(C2(C(=O)NCc3cc(C(F)(F)F)cc(C(F)(F)F)c3)CCC(=O)C2)c(N)s1. The van der Waals surface area contributed by atoms with Crippen molar-refractivity contribution in [3.05, 3.63) is 45.6 Å². The highest BCUT2D eigenvalue weighted by Crippen LogP contribution is 2.44. The number of nitrogen functional groups attached to an aromatic ring is 1. The molecule has 0 bridgehead atoms. The Hall–Kier alpha value is -3.16. The number of Topliss-reactive ketones (excluding diaryl/α,β-unsaturated/α-hetero) is 1. The molecule has 1 amide bonds. The second kappa shape index (κ2) is 9.62. The smallest absolute Gasteiger partial charge is 0.416 e. The van der Waals surface area contributed by atoms with E-state index in [-0.39, 0.29) is 46.8 Å². The maximum atomic E-state index is 13.3. The van der Waals surface area contributed by atoms with Gasteiger partial charge in [0.05, 0.1) is 16.8 Å². The van der Waals surface area contributed by atoms with E-state index in [0.29, 0.717) is 12.1 Å². The number of hydrogen-bond donors (Lipinski definition) is 2. The average Bonchev–Trinajstić information content (AvgIpc) is 3.33. The molecule has 1 saturated carbocycles. The number of amides is 1. The molecule has 14 heteroatoms. The minimum absolute atomic E-state index is 0.0172. The van der Waals surface area contributed by atoms with Crippen LogP contribution in [0.15, 0.2) is 18.2 Å². The van der Waals surface area contributed by atoms with Gasteiger partial charge in [0, 0.05) is 19.4 Å². The van der Waals surface area contributed by atoms with Gasteiger partial charge >= 0.3 is 18.3 Å². The van der Waals surface area contributed by atoms with Gasteiger partial charge in [-0.05, 0) is 51.0 Å². The van der Waals surface area contributed by atoms with Gasteiger partial charge in [-0.1, -0.05) is 11.3 Å². The highest BCUT2D eigenvalue weighted by atomic mass is 32.1. The van der Waals surface area contributed by atoms with E-state index in [0.717, 1.165) is 11.3 Å². The minimum Gasteiger partial charge on any atom is -0.455 e. The van der Waals surface area contributed by atoms with Gasteiger partial charge in [0.15, 0.2) is 0 Å². The monoisotopic (exact) mass is 551 g/mol. The molecule has 0 aliphatic heterocycles. The number of nitrogens with two attached hydrogens (primary N) is 1. The van der Waals surface area contributed by atoms with Crippen molar-refractivity contribution in [2.24, 2.45) is 0 Å². The first-order valence-electron chi connectivity index (χ1n) is 10.9. The molecule has 202 valence electrons. The summed E-state index contributed by atoms with van der Waals surface area (Å²) >= 11 is 0.742. The molecular weight excluding hydrogens is 528 g/mol. The van der Waals surface area contributed by atoms with Crippen LogP contribution in [0.4, 0.5) is 31.3 Å². The highest BCUT2D eigenvalue weighted by molar-refractivity contribution is 7.17. The molecule has 1 aliphatic carbocycles. The summed E-state index contributed by atoms with van der Waals surface area (Å²) in [7, 11) is 0. The molecule has 7 nitrogen and oxygen atoms in total. The van der Waals surface area contributed by atoms with Crippen molar-refractivity contribution in [3.63, 3.8) is 0 Å². The van der Waals surface area contributed by atoms with Crippen LogP contribution in [-0.4, -0.2) is 28.2 Å². The molecule has 3 N–H and O–H groups in total. The molecule has 1 aliphatic rings. The summed E-state index contributed by atoms with van der Waals surface area (Å²) in [6.07, 6.45) is -10.5. The third-order valence-corrected chi connectivity index (χ3v) is 6.41. The Bertz CT molecular complexity index is 1200. The van der Waals surface area contributed by atoms with Gasteiger partial charge in [-0.15, -0.1) is 0 Å². The molecule has 3 rings (SSSR count). The van der Waals surface area contributed by atoms with Crippen LogP contribution in [0.2, 0.25) is 0 Å². The Kier molecular flexibility index (Phi) is 7.38. The number of nitrogens with zero attached hydrogens (tertiary/aromatic N) is 1. The number of thiazole rings is 1. The van der Waals surface area contributed by atoms with Crippen molar-refractivity contribution in [2.45, 2.75) is 69.9 Å². The normalized spacial score (nSPS) is 18.7. The van der Waals surface area contributed by atoms with Gasteiger partial charge < -0.3 is 15.8 Å². The summed E-state index contributed by atoms with van der Waals surface area (Å²) in [4.78, 5) is 42.1. The Morgan fingerprint density at radius 3 is 2.11 bits per heavy atom. The lowest BCUT2D eigenvalue weighted by atomic mass is 9.81. The number of aromatic nitrogens is 1. The lowest BCUT2D eigenvalue weighted by Crippen LogP contribution is -2.43. The largest absolute Gasteiger partial charge is 0.455 e. The number of hydrogen-bond acceptors (Lipinski definition) is 7. The highest BCUT2D eigenvalue weighted by Gasteiger charge is 2.50. The summed E-state index contributed by atoms with van der Waals surface area (Å²) in [6.45, 7) is 4.20. The van der Waals surface area contributed by atoms with E-state index < -0.39 is 58.5 Å². The van der Waals surface area contributed by atoms with E-state index in [9.17, 15) is 40.7 Å². The summed E-state index contributed by atoms with van der Waals surface area (Å²) < 4.78 is 84.3. The van der Waals surface area contributed by atoms with Crippen molar-refractivity contribution in [3.8, 4) is 0 Å². The van der Waals surface area contributed by atoms with E-state index >= 15 is 0 Å². The molecule has 1 unspecified atom stereocenters. The second-order valence-corrected chi connectivity index (χ2v) is 10.7. The Morgan fingerprint density at radius 2 is 1.65 bits per heavy atom. The van der Waals surface area contributed by atoms with Crippen LogP contribution in [0.3, 0.4) is 0 Å². The molecule has 37 heavy (non-hydrogen) atoms. The number of ether oxygens (including phenoxy) is 1. The first-order chi connectivity index (χ1) is 16.8. The zero-order valence-electron chi connectivity index (χ0n) is 19.9. The van der Waals surface area contributed by atoms with E-state index in [2.05, 4.69) is 10.3 Å². The number of esters is 1. The van der Waals surface area contributed by atoms with Gasteiger partial charge in [-0.3, -0.25) is 9.59 Å². The van der Waals surface area contributed by atoms with Crippen LogP contribution in [-0.2, 0) is 38.6 Å². The van der Waals surface area contributed by atoms with Gasteiger partial charge in [-0.25, -0.2) is 9.78 Å². The van der Waals surface area contributed by atoms with E-state index in [1.807, 2.05) is 0 Å². The lowest BCUT2D eigenvalue weighted by Gasteiger charge is -2.26. The number of carbonyl (C=O) groups is 3. The Morgan fingerprint density at radius 1 is 1.08 bits per heavy atom. The predicted molar refractivity (Wildman–Crippen MR) is 121 cm³/mol. The van der Waals surface area contributed by atoms with E-state index in [4.69, 9.17) is 10.5 Å². The Labute approximate surface area is 211 Å². The van der Waals surface area contributed by atoms with Crippen LogP contribution in [0.25, 0.3) is 0 Å². The maximum absolute atomic E-state index is 13.3. The molecule has 2 aromatic rings. The average molecular weight is 552 g/mol. The predicted octanol–water partition coefficient (Wildman–Crippen LogP) is 5.03. The second-order valence-electron chi connectivity index (χ2n) is 9.63. The molecule has 0 spiro atoms. The third-order valence-electron chi connectivity index (χ3n) is 5.54. The van der Waals surface area contributed by atoms with Crippen LogP contribution < -0.4 is 11.1 Å². The number of nitrogens with one attached hydrogen (secondary N) is 1. The number of halogens is 6. The zero-order chi connectivity index (χ0) is 28.0. The number of alkyl halides is 6. The maximum Gasteiger partial charge on any atom is 0.416 e. The van der Waals surface area contributed by atoms with Crippen LogP contribution in [0, 0.1) is 0 Å². The molecule has 1 fully saturated rings. The van der Waals surface area contributed by atoms with Gasteiger partial charge in [0.25, 0.3) is 0 Å². The molecule has 1 atom stereocenters. The van der Waals surface area contributed by atoms with Crippen LogP contribution >= 0.6 is 11.3 Å². The van der Waals surface area contributed by atoms with E-state index in [1.54, 1.807) is 20.8 Å². The van der Waals surface area contributed by atoms with Crippen LogP contribution in [0.1, 0.15) is 72.2 Å². The van der Waals surface area contributed by atoms with Gasteiger partial charge in [0.2, 0.25) is 10.9 Å². The van der Waals surface area contributed by atoms with Crippen molar-refractivity contribution in [1.82, 2.24) is 10.3 Å². The fourth-order valence-corrected chi connectivity index (χ4v) is 4.73. The first kappa shape index (κ1) is 28.4. The number of benzene rings is 1. The molecule has 0 radical (unpaired) electrons. The van der Waals surface area contributed by atoms with Crippen molar-refractivity contribution in [2.75, 3.05) is 5.73 Å². The van der Waals surface area contributed by atoms with Crippen molar-refractivity contribution >= 4 is 34.0 Å². The molecular formula is C23H23F6N3O4S. The summed E-state index contributed by atoms with van der Waals surface area (Å²) in [5.41, 5.74) is -0.0226. The van der Waals surface area contributed by atoms with E-state index in [1.165, 1.54) is 0 Å². The van der Waals surface area contributed by atoms with Crippen LogP contribution in [0.5, 0.6) is 0 Å².